The highest BCUT2D eigenvalue weighted by Gasteiger charge is 2.58. The van der Waals surface area contributed by atoms with E-state index in [-0.39, 0.29) is 38.0 Å². The molecule has 3 aliphatic rings. The number of imide groups is 1. The molecule has 1 fully saturated rings. The van der Waals surface area contributed by atoms with Gasteiger partial charge in [-0.15, -0.1) is 0 Å². The fraction of sp³-hybridized carbons (Fsp3) is 0.125. The van der Waals surface area contributed by atoms with Crippen LogP contribution < -0.4 is 14.4 Å². The highest BCUT2D eigenvalue weighted by atomic mass is 79.9. The predicted molar refractivity (Wildman–Crippen MR) is 138 cm³/mol. The van der Waals surface area contributed by atoms with E-state index in [2.05, 4.69) is 15.9 Å². The maximum atomic E-state index is 13.6. The lowest BCUT2D eigenvalue weighted by Gasteiger charge is -2.49. The van der Waals surface area contributed by atoms with E-state index >= 15 is 0 Å². The number of ether oxygens (including phenoxy) is 2. The lowest BCUT2D eigenvalue weighted by Crippen LogP contribution is -2.67. The Morgan fingerprint density at radius 3 is 1.92 bits per heavy atom. The number of benzene rings is 3. The zero-order valence-electron chi connectivity index (χ0n) is 17.7. The molecule has 7 nitrogen and oxygen atoms in total. The highest BCUT2D eigenvalue weighted by molar-refractivity contribution is 9.10. The molecule has 3 aliphatic heterocycles. The number of fused-ring (bicyclic) bond motifs is 2. The molecule has 182 valence electrons. The Morgan fingerprint density at radius 1 is 0.722 bits per heavy atom. The number of hydrogen-bond acceptors (Lipinski definition) is 5. The van der Waals surface area contributed by atoms with E-state index in [4.69, 9.17) is 55.9 Å². The van der Waals surface area contributed by atoms with Crippen LogP contribution >= 0.6 is 62.3 Å². The van der Waals surface area contributed by atoms with Crippen LogP contribution in [-0.2, 0) is 4.79 Å². The fourth-order valence-corrected chi connectivity index (χ4v) is 5.94. The van der Waals surface area contributed by atoms with Gasteiger partial charge in [-0.2, -0.15) is 0 Å². The first-order chi connectivity index (χ1) is 17.2. The Hall–Kier alpha value is -2.49. The molecule has 0 radical (unpaired) electrons. The van der Waals surface area contributed by atoms with E-state index < -0.39 is 29.8 Å². The molecular weight excluding hydrogens is 618 g/mol. The molecule has 2 atom stereocenters. The van der Waals surface area contributed by atoms with Gasteiger partial charge < -0.3 is 14.4 Å². The largest absolute Gasteiger partial charge is 0.454 e. The van der Waals surface area contributed by atoms with Crippen LogP contribution in [-0.4, -0.2) is 35.5 Å². The van der Waals surface area contributed by atoms with Crippen LogP contribution in [0.25, 0.3) is 0 Å². The molecule has 0 N–H and O–H groups in total. The van der Waals surface area contributed by atoms with Gasteiger partial charge in [0, 0.05) is 10.2 Å². The number of β-lactam (4-membered cyclic amide) rings is 1. The molecule has 36 heavy (non-hydrogen) atoms. The molecule has 3 aromatic carbocycles. The van der Waals surface area contributed by atoms with Crippen LogP contribution in [0.5, 0.6) is 11.5 Å². The van der Waals surface area contributed by atoms with Crippen molar-refractivity contribution in [2.24, 2.45) is 0 Å². The third kappa shape index (κ3) is 3.28. The van der Waals surface area contributed by atoms with Crippen molar-refractivity contribution in [2.75, 3.05) is 11.7 Å². The first-order valence-electron chi connectivity index (χ1n) is 10.4. The normalized spacial score (nSPS) is 20.2. The summed E-state index contributed by atoms with van der Waals surface area (Å²) in [5.74, 6) is -0.966. The molecule has 6 rings (SSSR count). The van der Waals surface area contributed by atoms with Crippen molar-refractivity contribution < 1.29 is 23.9 Å². The van der Waals surface area contributed by atoms with E-state index in [9.17, 15) is 14.4 Å². The molecule has 1 saturated heterocycles. The van der Waals surface area contributed by atoms with Gasteiger partial charge in [-0.05, 0) is 42.0 Å². The third-order valence-electron chi connectivity index (χ3n) is 6.32. The van der Waals surface area contributed by atoms with E-state index in [1.165, 1.54) is 4.90 Å². The Morgan fingerprint density at radius 2 is 1.31 bits per heavy atom. The average molecular weight is 629 g/mol. The summed E-state index contributed by atoms with van der Waals surface area (Å²) in [6.45, 7) is 0.0686. The fourth-order valence-electron chi connectivity index (χ4n) is 4.66. The number of anilines is 1. The SMILES string of the molecule is O=C1c2c(Cl)c(Cl)c(Cl)c(Cl)c2C(=O)N1[C@@H]1C(=O)N(c2ccc(Br)cc2)[C@H]1c1ccc2c(c1)OCO2. The van der Waals surface area contributed by atoms with Crippen LogP contribution in [0.3, 0.4) is 0 Å². The Bertz CT molecular complexity index is 1470. The lowest BCUT2D eigenvalue weighted by molar-refractivity contribution is -0.130. The topological polar surface area (TPSA) is 76.2 Å². The van der Waals surface area contributed by atoms with Gasteiger partial charge in [-0.25, -0.2) is 0 Å². The van der Waals surface area contributed by atoms with Crippen molar-refractivity contribution in [3.63, 3.8) is 0 Å². The standard InChI is InChI=1S/C24H11BrCl4N2O5/c25-10-2-4-11(5-3-10)30-20(9-1-6-12-13(7-9)36-8-35-12)21(24(30)34)31-22(32)14-15(23(31)33)17(27)19(29)18(28)16(14)26/h1-7,20-21H,8H2/t20-,21-/m0/s1. The quantitative estimate of drug-likeness (QED) is 0.142. The average Bonchev–Trinajstić information content (AvgIpc) is 3.43. The summed E-state index contributed by atoms with van der Waals surface area (Å²) in [6, 6.07) is 10.4. The first kappa shape index (κ1) is 23.9. The molecule has 3 amide bonds. The van der Waals surface area contributed by atoms with E-state index in [1.54, 1.807) is 42.5 Å². The summed E-state index contributed by atoms with van der Waals surface area (Å²) in [4.78, 5) is 43.0. The maximum absolute atomic E-state index is 13.6. The zero-order valence-corrected chi connectivity index (χ0v) is 22.3. The minimum Gasteiger partial charge on any atom is -0.454 e. The van der Waals surface area contributed by atoms with E-state index in [1.807, 2.05) is 0 Å². The number of hydrogen-bond donors (Lipinski definition) is 0. The molecule has 0 aromatic heterocycles. The van der Waals surface area contributed by atoms with Gasteiger partial charge in [0.05, 0.1) is 37.3 Å². The Labute approximate surface area is 232 Å². The summed E-state index contributed by atoms with van der Waals surface area (Å²) in [7, 11) is 0. The van der Waals surface area contributed by atoms with Crippen LogP contribution in [0.15, 0.2) is 46.9 Å². The molecule has 3 aromatic rings. The van der Waals surface area contributed by atoms with E-state index in [0.29, 0.717) is 22.7 Å². The second-order valence-electron chi connectivity index (χ2n) is 8.17. The van der Waals surface area contributed by atoms with Gasteiger partial charge >= 0.3 is 0 Å². The summed E-state index contributed by atoms with van der Waals surface area (Å²) < 4.78 is 11.7. The molecule has 0 saturated carbocycles. The monoisotopic (exact) mass is 626 g/mol. The van der Waals surface area contributed by atoms with E-state index in [0.717, 1.165) is 9.37 Å². The summed E-state index contributed by atoms with van der Waals surface area (Å²) in [5, 5.41) is -0.682. The van der Waals surface area contributed by atoms with Gasteiger partial charge in [0.1, 0.15) is 6.04 Å². The van der Waals surface area contributed by atoms with Crippen molar-refractivity contribution in [1.82, 2.24) is 4.90 Å². The third-order valence-corrected chi connectivity index (χ3v) is 8.65. The van der Waals surface area contributed by atoms with Crippen LogP contribution in [0.2, 0.25) is 20.1 Å². The number of carbonyl (C=O) groups is 3. The van der Waals surface area contributed by atoms with Crippen molar-refractivity contribution in [1.29, 1.82) is 0 Å². The van der Waals surface area contributed by atoms with Crippen molar-refractivity contribution in [3.05, 3.63) is 83.7 Å². The minimum atomic E-state index is -1.17. The molecular formula is C24H11BrCl4N2O5. The summed E-state index contributed by atoms with van der Waals surface area (Å²) in [6.07, 6.45) is 0. The van der Waals surface area contributed by atoms with Gasteiger partial charge in [0.2, 0.25) is 6.79 Å². The Kier molecular flexibility index (Phi) is 5.66. The second-order valence-corrected chi connectivity index (χ2v) is 10.6. The maximum Gasteiger partial charge on any atom is 0.264 e. The highest BCUT2D eigenvalue weighted by Crippen LogP contribution is 2.50. The van der Waals surface area contributed by atoms with Crippen LogP contribution in [0.4, 0.5) is 5.69 Å². The number of nitrogens with zero attached hydrogens (tertiary/aromatic N) is 2. The number of rotatable bonds is 3. The van der Waals surface area contributed by atoms with Gasteiger partial charge in [-0.1, -0.05) is 68.4 Å². The van der Waals surface area contributed by atoms with Gasteiger partial charge in [-0.3, -0.25) is 19.3 Å². The Balaban J connectivity index is 1.48. The van der Waals surface area contributed by atoms with Crippen LogP contribution in [0.1, 0.15) is 32.3 Å². The smallest absolute Gasteiger partial charge is 0.264 e. The second kappa shape index (κ2) is 8.53. The molecule has 3 heterocycles. The lowest BCUT2D eigenvalue weighted by atomic mass is 9.86. The number of carbonyl (C=O) groups excluding carboxylic acids is 3. The number of halogens is 5. The molecule has 0 unspecified atom stereocenters. The molecule has 12 heteroatoms. The number of amides is 3. The van der Waals surface area contributed by atoms with Crippen molar-refractivity contribution in [2.45, 2.75) is 12.1 Å². The zero-order chi connectivity index (χ0) is 25.5. The molecule has 0 spiro atoms. The van der Waals surface area contributed by atoms with Gasteiger partial charge in [0.25, 0.3) is 17.7 Å². The molecule has 0 aliphatic carbocycles. The van der Waals surface area contributed by atoms with Crippen molar-refractivity contribution >= 4 is 85.7 Å². The van der Waals surface area contributed by atoms with Crippen LogP contribution in [0, 0.1) is 0 Å². The van der Waals surface area contributed by atoms with Gasteiger partial charge in [0.15, 0.2) is 11.5 Å². The minimum absolute atomic E-state index is 0.0686. The first-order valence-corrected chi connectivity index (χ1v) is 12.7. The van der Waals surface area contributed by atoms with Crippen molar-refractivity contribution in [3.8, 4) is 11.5 Å². The molecule has 0 bridgehead atoms. The summed E-state index contributed by atoms with van der Waals surface area (Å²) in [5.41, 5.74) is 0.859. The summed E-state index contributed by atoms with van der Waals surface area (Å²) >= 11 is 28.3. The predicted octanol–water partition coefficient (Wildman–Crippen LogP) is 6.54.